The Hall–Kier alpha value is -0.120. The van der Waals surface area contributed by atoms with Gasteiger partial charge in [-0.2, -0.15) is 0 Å². The molecular formula is C14H29N3. The topological polar surface area (TPSA) is 18.5 Å². The van der Waals surface area contributed by atoms with Crippen LogP contribution in [0.5, 0.6) is 0 Å². The van der Waals surface area contributed by atoms with Crippen LogP contribution < -0.4 is 5.32 Å². The molecule has 0 aromatic carbocycles. The van der Waals surface area contributed by atoms with Crippen molar-refractivity contribution in [1.29, 1.82) is 0 Å². The van der Waals surface area contributed by atoms with Gasteiger partial charge < -0.3 is 5.32 Å². The minimum absolute atomic E-state index is 0.330. The van der Waals surface area contributed by atoms with Crippen LogP contribution in [0.2, 0.25) is 0 Å². The Morgan fingerprint density at radius 3 is 2.59 bits per heavy atom. The fraction of sp³-hybridized carbons (Fsp3) is 1.00. The van der Waals surface area contributed by atoms with Gasteiger partial charge in [0.1, 0.15) is 0 Å². The number of hydrogen-bond acceptors (Lipinski definition) is 3. The second kappa shape index (κ2) is 5.25. The molecule has 1 unspecified atom stereocenters. The molecule has 3 heteroatoms. The summed E-state index contributed by atoms with van der Waals surface area (Å²) in [5.74, 6) is 0. The number of nitrogens with zero attached hydrogens (tertiary/aromatic N) is 2. The molecule has 2 rings (SSSR count). The van der Waals surface area contributed by atoms with Crippen molar-refractivity contribution in [2.75, 3.05) is 33.2 Å². The van der Waals surface area contributed by atoms with Crippen molar-refractivity contribution in [3.05, 3.63) is 0 Å². The predicted octanol–water partition coefficient (Wildman–Crippen LogP) is 1.54. The van der Waals surface area contributed by atoms with Gasteiger partial charge in [0.2, 0.25) is 0 Å². The maximum absolute atomic E-state index is 3.62. The van der Waals surface area contributed by atoms with Crippen molar-refractivity contribution in [3.8, 4) is 0 Å². The smallest absolute Gasteiger partial charge is 0.0277 e. The fourth-order valence-corrected chi connectivity index (χ4v) is 2.62. The van der Waals surface area contributed by atoms with Crippen LogP contribution in [0.1, 0.15) is 40.0 Å². The Balaban J connectivity index is 1.72. The summed E-state index contributed by atoms with van der Waals surface area (Å²) < 4.78 is 0. The molecule has 0 aromatic heterocycles. The van der Waals surface area contributed by atoms with Crippen LogP contribution in [-0.2, 0) is 0 Å². The highest BCUT2D eigenvalue weighted by Gasteiger charge is 2.32. The summed E-state index contributed by atoms with van der Waals surface area (Å²) in [5, 5.41) is 3.62. The van der Waals surface area contributed by atoms with E-state index in [2.05, 4.69) is 42.9 Å². The second-order valence-corrected chi connectivity index (χ2v) is 6.57. The Kier molecular flexibility index (Phi) is 4.11. The zero-order chi connectivity index (χ0) is 12.5. The highest BCUT2D eigenvalue weighted by molar-refractivity contribution is 4.90. The van der Waals surface area contributed by atoms with E-state index in [1.54, 1.807) is 0 Å². The van der Waals surface area contributed by atoms with Gasteiger partial charge in [-0.15, -0.1) is 0 Å². The summed E-state index contributed by atoms with van der Waals surface area (Å²) in [4.78, 5) is 5.15. The number of piperazine rings is 1. The van der Waals surface area contributed by atoms with Crippen molar-refractivity contribution < 1.29 is 0 Å². The minimum Gasteiger partial charge on any atom is -0.314 e. The maximum atomic E-state index is 3.62. The van der Waals surface area contributed by atoms with Gasteiger partial charge in [-0.05, 0) is 53.6 Å². The van der Waals surface area contributed by atoms with Gasteiger partial charge >= 0.3 is 0 Å². The molecule has 100 valence electrons. The Morgan fingerprint density at radius 1 is 1.29 bits per heavy atom. The van der Waals surface area contributed by atoms with E-state index in [1.807, 2.05) is 0 Å². The summed E-state index contributed by atoms with van der Waals surface area (Å²) in [5.41, 5.74) is 0.330. The lowest BCUT2D eigenvalue weighted by atomic mass is 9.98. The highest BCUT2D eigenvalue weighted by Crippen LogP contribution is 2.22. The molecule has 0 bridgehead atoms. The second-order valence-electron chi connectivity index (χ2n) is 6.57. The molecule has 0 aromatic rings. The summed E-state index contributed by atoms with van der Waals surface area (Å²) >= 11 is 0. The minimum atomic E-state index is 0.330. The Bertz CT molecular complexity index is 248. The maximum Gasteiger partial charge on any atom is 0.0277 e. The van der Waals surface area contributed by atoms with E-state index in [9.17, 15) is 0 Å². The first kappa shape index (κ1) is 13.3. The fourth-order valence-electron chi connectivity index (χ4n) is 2.62. The molecule has 0 amide bonds. The number of likely N-dealkylation sites (N-methyl/N-ethyl adjacent to an activating group) is 1. The van der Waals surface area contributed by atoms with Crippen LogP contribution in [0.15, 0.2) is 0 Å². The summed E-state index contributed by atoms with van der Waals surface area (Å²) in [6.45, 7) is 11.9. The van der Waals surface area contributed by atoms with Crippen LogP contribution >= 0.6 is 0 Å². The number of rotatable bonds is 5. The van der Waals surface area contributed by atoms with Gasteiger partial charge in [-0.25, -0.2) is 0 Å². The SMILES string of the molecule is CC(CCNC1CC1)N1CCN(C)C(C)(C)C1. The van der Waals surface area contributed by atoms with Crippen LogP contribution in [0, 0.1) is 0 Å². The van der Waals surface area contributed by atoms with E-state index in [4.69, 9.17) is 0 Å². The quantitative estimate of drug-likeness (QED) is 0.785. The third-order valence-electron chi connectivity index (χ3n) is 4.54. The third kappa shape index (κ3) is 3.67. The highest BCUT2D eigenvalue weighted by atomic mass is 15.3. The number of nitrogens with one attached hydrogen (secondary N) is 1. The molecule has 0 spiro atoms. The first-order valence-corrected chi connectivity index (χ1v) is 7.18. The average Bonchev–Trinajstić information content (AvgIpc) is 3.06. The van der Waals surface area contributed by atoms with Gasteiger partial charge in [-0.1, -0.05) is 0 Å². The molecule has 1 saturated heterocycles. The largest absolute Gasteiger partial charge is 0.314 e. The molecule has 1 aliphatic heterocycles. The average molecular weight is 239 g/mol. The lowest BCUT2D eigenvalue weighted by Crippen LogP contribution is -2.59. The van der Waals surface area contributed by atoms with Crippen molar-refractivity contribution in [3.63, 3.8) is 0 Å². The van der Waals surface area contributed by atoms with E-state index in [0.29, 0.717) is 11.6 Å². The van der Waals surface area contributed by atoms with E-state index in [-0.39, 0.29) is 0 Å². The van der Waals surface area contributed by atoms with Crippen molar-refractivity contribution >= 4 is 0 Å². The third-order valence-corrected chi connectivity index (χ3v) is 4.54. The molecule has 17 heavy (non-hydrogen) atoms. The molecular weight excluding hydrogens is 210 g/mol. The van der Waals surface area contributed by atoms with E-state index >= 15 is 0 Å². The van der Waals surface area contributed by atoms with Crippen molar-refractivity contribution in [2.24, 2.45) is 0 Å². The molecule has 3 nitrogen and oxygen atoms in total. The van der Waals surface area contributed by atoms with Crippen molar-refractivity contribution in [1.82, 2.24) is 15.1 Å². The van der Waals surface area contributed by atoms with Crippen molar-refractivity contribution in [2.45, 2.75) is 57.7 Å². The van der Waals surface area contributed by atoms with E-state index in [1.165, 1.54) is 45.4 Å². The normalized spacial score (nSPS) is 28.2. The standard InChI is InChI=1S/C14H29N3/c1-12(7-8-15-13-5-6-13)17-10-9-16(4)14(2,3)11-17/h12-13,15H,5-11H2,1-4H3. The van der Waals surface area contributed by atoms with Gasteiger partial charge in [0.05, 0.1) is 0 Å². The predicted molar refractivity (Wildman–Crippen MR) is 73.4 cm³/mol. The van der Waals surface area contributed by atoms with Gasteiger partial charge in [-0.3, -0.25) is 9.80 Å². The first-order chi connectivity index (χ1) is 7.99. The molecule has 2 aliphatic rings. The summed E-state index contributed by atoms with van der Waals surface area (Å²) in [6.07, 6.45) is 4.09. The van der Waals surface area contributed by atoms with Crippen LogP contribution in [-0.4, -0.2) is 60.6 Å². The molecule has 1 heterocycles. The summed E-state index contributed by atoms with van der Waals surface area (Å²) in [6, 6.07) is 1.57. The molecule has 0 radical (unpaired) electrons. The molecule has 1 N–H and O–H groups in total. The Labute approximate surface area is 107 Å². The monoisotopic (exact) mass is 239 g/mol. The zero-order valence-electron chi connectivity index (χ0n) is 12.0. The molecule has 1 saturated carbocycles. The summed E-state index contributed by atoms with van der Waals surface area (Å²) in [7, 11) is 2.25. The lowest BCUT2D eigenvalue weighted by Gasteiger charge is -2.47. The first-order valence-electron chi connectivity index (χ1n) is 7.18. The number of hydrogen-bond donors (Lipinski definition) is 1. The van der Waals surface area contributed by atoms with E-state index in [0.717, 1.165) is 6.04 Å². The Morgan fingerprint density at radius 2 is 2.00 bits per heavy atom. The molecule has 2 fully saturated rings. The van der Waals surface area contributed by atoms with Crippen LogP contribution in [0.3, 0.4) is 0 Å². The molecule has 1 atom stereocenters. The lowest BCUT2D eigenvalue weighted by molar-refractivity contribution is 0.0189. The van der Waals surface area contributed by atoms with Gasteiger partial charge in [0, 0.05) is 37.3 Å². The molecule has 1 aliphatic carbocycles. The zero-order valence-corrected chi connectivity index (χ0v) is 12.0. The van der Waals surface area contributed by atoms with Crippen LogP contribution in [0.25, 0.3) is 0 Å². The van der Waals surface area contributed by atoms with Crippen LogP contribution in [0.4, 0.5) is 0 Å². The van der Waals surface area contributed by atoms with Gasteiger partial charge in [0.25, 0.3) is 0 Å². The van der Waals surface area contributed by atoms with Gasteiger partial charge in [0.15, 0.2) is 0 Å². The van der Waals surface area contributed by atoms with E-state index < -0.39 is 0 Å².